The van der Waals surface area contributed by atoms with E-state index < -0.39 is 0 Å². The molecule has 5 nitrogen and oxygen atoms in total. The number of hydrogen-bond acceptors (Lipinski definition) is 3. The number of nitrogen functional groups attached to an aromatic ring is 1. The Bertz CT molecular complexity index is 789. The van der Waals surface area contributed by atoms with Crippen molar-refractivity contribution in [2.75, 3.05) is 5.73 Å². The third kappa shape index (κ3) is 1.81. The fourth-order valence-corrected chi connectivity index (χ4v) is 2.48. The first kappa shape index (κ1) is 12.2. The molecule has 0 amide bonds. The number of hydrogen-bond donors (Lipinski definition) is 1. The average Bonchev–Trinajstić information content (AvgIpc) is 2.79. The number of imidazole rings is 1. The normalized spacial score (nSPS) is 11.4. The third-order valence-corrected chi connectivity index (χ3v) is 3.56. The van der Waals surface area contributed by atoms with Crippen LogP contribution in [0.15, 0.2) is 22.8 Å². The van der Waals surface area contributed by atoms with Crippen LogP contribution in [0.4, 0.5) is 10.3 Å². The second-order valence-electron chi connectivity index (χ2n) is 4.33. The SMILES string of the molecule is Cc1nn(C)cc1-n1c(N)nc2cc(F)c(Br)cc21. The fraction of sp³-hybridized carbons (Fsp3) is 0.167. The largest absolute Gasteiger partial charge is 0.369 e. The van der Waals surface area contributed by atoms with Crippen LogP contribution in [0, 0.1) is 12.7 Å². The van der Waals surface area contributed by atoms with Crippen molar-refractivity contribution in [2.45, 2.75) is 6.92 Å². The van der Waals surface area contributed by atoms with Crippen LogP contribution < -0.4 is 5.73 Å². The highest BCUT2D eigenvalue weighted by atomic mass is 79.9. The minimum absolute atomic E-state index is 0.309. The molecule has 0 radical (unpaired) electrons. The molecule has 0 atom stereocenters. The quantitative estimate of drug-likeness (QED) is 0.748. The van der Waals surface area contributed by atoms with Gasteiger partial charge in [-0.15, -0.1) is 0 Å². The number of aromatic nitrogens is 4. The number of aryl methyl sites for hydroxylation is 2. The van der Waals surface area contributed by atoms with E-state index in [0.717, 1.165) is 16.9 Å². The predicted molar refractivity (Wildman–Crippen MR) is 74.6 cm³/mol. The van der Waals surface area contributed by atoms with Gasteiger partial charge in [0.1, 0.15) is 5.82 Å². The summed E-state index contributed by atoms with van der Waals surface area (Å²) < 4.78 is 17.4. The lowest BCUT2D eigenvalue weighted by Crippen LogP contribution is -2.01. The molecule has 0 unspecified atom stereocenters. The third-order valence-electron chi connectivity index (χ3n) is 2.95. The molecule has 2 heterocycles. The first-order chi connectivity index (χ1) is 8.97. The summed E-state index contributed by atoms with van der Waals surface area (Å²) in [6.07, 6.45) is 1.85. The second kappa shape index (κ2) is 4.06. The Labute approximate surface area is 117 Å². The van der Waals surface area contributed by atoms with Gasteiger partial charge in [-0.05, 0) is 28.9 Å². The van der Waals surface area contributed by atoms with Crippen LogP contribution in [-0.2, 0) is 7.05 Å². The van der Waals surface area contributed by atoms with Crippen molar-refractivity contribution in [1.29, 1.82) is 0 Å². The van der Waals surface area contributed by atoms with Crippen molar-refractivity contribution < 1.29 is 4.39 Å². The number of halogens is 2. The molecular formula is C12H11BrFN5. The summed E-state index contributed by atoms with van der Waals surface area (Å²) >= 11 is 3.18. The topological polar surface area (TPSA) is 61.7 Å². The summed E-state index contributed by atoms with van der Waals surface area (Å²) in [4.78, 5) is 4.18. The molecule has 2 N–H and O–H groups in total. The summed E-state index contributed by atoms with van der Waals surface area (Å²) in [5, 5.41) is 4.28. The molecule has 2 aromatic heterocycles. The van der Waals surface area contributed by atoms with Crippen LogP contribution in [-0.4, -0.2) is 19.3 Å². The molecule has 0 aliphatic rings. The minimum atomic E-state index is -0.361. The monoisotopic (exact) mass is 323 g/mol. The molecule has 7 heteroatoms. The fourth-order valence-electron chi connectivity index (χ4n) is 2.15. The number of benzene rings is 1. The summed E-state index contributed by atoms with van der Waals surface area (Å²) in [5.41, 5.74) is 8.86. The standard InChI is InChI=1S/C12H11BrFN5/c1-6-11(5-18(2)17-6)19-10-3-7(13)8(14)4-9(10)16-12(19)15/h3-5H,1-2H3,(H2,15,16). The maximum atomic E-state index is 13.5. The molecule has 98 valence electrons. The van der Waals surface area contributed by atoms with Gasteiger partial charge in [0, 0.05) is 19.3 Å². The van der Waals surface area contributed by atoms with Crippen molar-refractivity contribution in [1.82, 2.24) is 19.3 Å². The number of nitrogens with zero attached hydrogens (tertiary/aromatic N) is 4. The first-order valence-electron chi connectivity index (χ1n) is 5.61. The van der Waals surface area contributed by atoms with Crippen LogP contribution in [0.5, 0.6) is 0 Å². The Hall–Kier alpha value is -1.89. The molecule has 3 rings (SSSR count). The van der Waals surface area contributed by atoms with Crippen LogP contribution in [0.1, 0.15) is 5.69 Å². The van der Waals surface area contributed by atoms with E-state index >= 15 is 0 Å². The van der Waals surface area contributed by atoms with E-state index in [1.165, 1.54) is 6.07 Å². The van der Waals surface area contributed by atoms with Gasteiger partial charge in [0.15, 0.2) is 0 Å². The first-order valence-corrected chi connectivity index (χ1v) is 6.40. The van der Waals surface area contributed by atoms with Gasteiger partial charge in [0.2, 0.25) is 5.95 Å². The molecule has 0 aliphatic heterocycles. The predicted octanol–water partition coefficient (Wildman–Crippen LogP) is 2.55. The van der Waals surface area contributed by atoms with Gasteiger partial charge in [-0.2, -0.15) is 5.10 Å². The minimum Gasteiger partial charge on any atom is -0.369 e. The zero-order valence-electron chi connectivity index (χ0n) is 10.4. The van der Waals surface area contributed by atoms with Crippen LogP contribution in [0.25, 0.3) is 16.7 Å². The number of fused-ring (bicyclic) bond motifs is 1. The van der Waals surface area contributed by atoms with Gasteiger partial charge in [-0.25, -0.2) is 9.37 Å². The Morgan fingerprint density at radius 2 is 2.11 bits per heavy atom. The van der Waals surface area contributed by atoms with E-state index in [2.05, 4.69) is 26.0 Å². The maximum Gasteiger partial charge on any atom is 0.206 e. The van der Waals surface area contributed by atoms with E-state index in [9.17, 15) is 4.39 Å². The Morgan fingerprint density at radius 3 is 2.74 bits per heavy atom. The van der Waals surface area contributed by atoms with Crippen molar-refractivity contribution in [3.8, 4) is 5.69 Å². The van der Waals surface area contributed by atoms with Gasteiger partial charge < -0.3 is 5.73 Å². The van der Waals surface area contributed by atoms with Crippen LogP contribution in [0.3, 0.4) is 0 Å². The average molecular weight is 324 g/mol. The van der Waals surface area contributed by atoms with Crippen molar-refractivity contribution >= 4 is 32.9 Å². The number of anilines is 1. The Morgan fingerprint density at radius 1 is 1.37 bits per heavy atom. The zero-order valence-corrected chi connectivity index (χ0v) is 11.9. The van der Waals surface area contributed by atoms with Crippen molar-refractivity contribution in [2.24, 2.45) is 7.05 Å². The summed E-state index contributed by atoms with van der Waals surface area (Å²) in [7, 11) is 1.83. The molecule has 19 heavy (non-hydrogen) atoms. The summed E-state index contributed by atoms with van der Waals surface area (Å²) in [6, 6.07) is 3.03. The van der Waals surface area contributed by atoms with E-state index in [0.29, 0.717) is 15.9 Å². The maximum absolute atomic E-state index is 13.5. The van der Waals surface area contributed by atoms with Gasteiger partial charge in [-0.3, -0.25) is 9.25 Å². The second-order valence-corrected chi connectivity index (χ2v) is 5.19. The van der Waals surface area contributed by atoms with E-state index in [1.54, 1.807) is 15.3 Å². The zero-order chi connectivity index (χ0) is 13.7. The molecule has 0 spiro atoms. The highest BCUT2D eigenvalue weighted by Crippen LogP contribution is 2.28. The Balaban J connectivity index is 2.37. The highest BCUT2D eigenvalue weighted by Gasteiger charge is 2.16. The molecule has 0 aliphatic carbocycles. The van der Waals surface area contributed by atoms with Crippen molar-refractivity contribution in [3.63, 3.8) is 0 Å². The number of rotatable bonds is 1. The Kier molecular flexibility index (Phi) is 2.60. The molecule has 0 saturated carbocycles. The van der Waals surface area contributed by atoms with E-state index in [4.69, 9.17) is 5.73 Å². The molecule has 0 fully saturated rings. The smallest absolute Gasteiger partial charge is 0.206 e. The molecule has 0 bridgehead atoms. The van der Waals surface area contributed by atoms with Gasteiger partial charge >= 0.3 is 0 Å². The highest BCUT2D eigenvalue weighted by molar-refractivity contribution is 9.10. The van der Waals surface area contributed by atoms with Crippen LogP contribution >= 0.6 is 15.9 Å². The lowest BCUT2D eigenvalue weighted by molar-refractivity contribution is 0.623. The lowest BCUT2D eigenvalue weighted by atomic mass is 10.3. The van der Waals surface area contributed by atoms with Crippen molar-refractivity contribution in [3.05, 3.63) is 34.3 Å². The summed E-state index contributed by atoms with van der Waals surface area (Å²) in [6.45, 7) is 1.89. The molecule has 3 aromatic rings. The van der Waals surface area contributed by atoms with Crippen LogP contribution in [0.2, 0.25) is 0 Å². The molecule has 1 aromatic carbocycles. The van der Waals surface area contributed by atoms with E-state index in [-0.39, 0.29) is 5.82 Å². The van der Waals surface area contributed by atoms with E-state index in [1.807, 2.05) is 20.2 Å². The van der Waals surface area contributed by atoms with Gasteiger partial charge in [0.05, 0.1) is 26.9 Å². The van der Waals surface area contributed by atoms with Gasteiger partial charge in [-0.1, -0.05) is 0 Å². The molecule has 0 saturated heterocycles. The summed E-state index contributed by atoms with van der Waals surface area (Å²) in [5.74, 6) is -0.0522. The lowest BCUT2D eigenvalue weighted by Gasteiger charge is -2.04. The number of nitrogens with two attached hydrogens (primary N) is 1. The molecular weight excluding hydrogens is 313 g/mol. The van der Waals surface area contributed by atoms with Gasteiger partial charge in [0.25, 0.3) is 0 Å².